The lowest BCUT2D eigenvalue weighted by molar-refractivity contribution is -0.129. The van der Waals surface area contributed by atoms with E-state index in [2.05, 4.69) is 20.4 Å². The third-order valence-electron chi connectivity index (χ3n) is 6.73. The second kappa shape index (κ2) is 10.7. The van der Waals surface area contributed by atoms with Crippen molar-refractivity contribution in [3.05, 3.63) is 30.1 Å². The number of carbonyl (C=O) groups is 1. The van der Waals surface area contributed by atoms with Crippen molar-refractivity contribution >= 4 is 28.9 Å². The molecule has 2 aliphatic heterocycles. The van der Waals surface area contributed by atoms with Crippen molar-refractivity contribution in [2.75, 3.05) is 44.6 Å². The monoisotopic (exact) mass is 448 g/mol. The van der Waals surface area contributed by atoms with Crippen molar-refractivity contribution in [3.8, 4) is 0 Å². The Hall–Kier alpha value is -1.77. The van der Waals surface area contributed by atoms with Gasteiger partial charge in [0.05, 0.1) is 12.1 Å². The molecule has 0 aromatic heterocycles. The largest absolute Gasteiger partial charge is 0.376 e. The molecule has 31 heavy (non-hydrogen) atoms. The van der Waals surface area contributed by atoms with Gasteiger partial charge >= 0.3 is 0 Å². The number of hydrogen-bond donors (Lipinski definition) is 2. The van der Waals surface area contributed by atoms with E-state index in [0.717, 1.165) is 64.2 Å². The Morgan fingerprint density at radius 1 is 1.10 bits per heavy atom. The first-order chi connectivity index (χ1) is 15.1. The fourth-order valence-electron chi connectivity index (χ4n) is 5.01. The Morgan fingerprint density at radius 3 is 2.45 bits per heavy atom. The number of carbonyl (C=O) groups excluding carboxylic acids is 1. The van der Waals surface area contributed by atoms with Crippen LogP contribution < -0.4 is 10.6 Å². The van der Waals surface area contributed by atoms with Crippen molar-refractivity contribution in [2.24, 2.45) is 5.92 Å². The van der Waals surface area contributed by atoms with Crippen LogP contribution in [0.25, 0.3) is 0 Å². The summed E-state index contributed by atoms with van der Waals surface area (Å²) in [5, 5.41) is 7.02. The molecule has 1 aromatic carbocycles. The molecule has 3 fully saturated rings. The molecule has 1 saturated carbocycles. The van der Waals surface area contributed by atoms with Crippen LogP contribution in [0, 0.1) is 11.7 Å². The molecule has 2 N–H and O–H groups in total. The van der Waals surface area contributed by atoms with Gasteiger partial charge in [-0.3, -0.25) is 9.69 Å². The van der Waals surface area contributed by atoms with Crippen molar-refractivity contribution in [1.29, 1.82) is 0 Å². The molecule has 1 aliphatic carbocycles. The third kappa shape index (κ3) is 5.93. The summed E-state index contributed by atoms with van der Waals surface area (Å²) >= 11 is 5.56. The van der Waals surface area contributed by atoms with E-state index < -0.39 is 0 Å². The van der Waals surface area contributed by atoms with Crippen LogP contribution in [-0.2, 0) is 9.53 Å². The van der Waals surface area contributed by atoms with E-state index in [0.29, 0.717) is 17.6 Å². The van der Waals surface area contributed by atoms with E-state index in [1.807, 2.05) is 0 Å². The zero-order valence-electron chi connectivity index (χ0n) is 18.0. The van der Waals surface area contributed by atoms with E-state index in [1.54, 1.807) is 12.1 Å². The lowest BCUT2D eigenvalue weighted by Gasteiger charge is -2.41. The van der Waals surface area contributed by atoms with Crippen LogP contribution >= 0.6 is 12.2 Å². The van der Waals surface area contributed by atoms with Gasteiger partial charge in [-0.1, -0.05) is 12.8 Å². The van der Waals surface area contributed by atoms with Crippen molar-refractivity contribution in [3.63, 3.8) is 0 Å². The minimum absolute atomic E-state index is 0.0651. The molecular formula is C23H33FN4O2S. The van der Waals surface area contributed by atoms with Crippen LogP contribution in [0.3, 0.4) is 0 Å². The number of anilines is 1. The number of benzene rings is 1. The van der Waals surface area contributed by atoms with Gasteiger partial charge in [0.1, 0.15) is 5.82 Å². The fourth-order valence-corrected chi connectivity index (χ4v) is 5.31. The average Bonchev–Trinajstić information content (AvgIpc) is 3.49. The van der Waals surface area contributed by atoms with Gasteiger partial charge in [-0.15, -0.1) is 0 Å². The zero-order valence-corrected chi connectivity index (χ0v) is 18.8. The Balaban J connectivity index is 1.31. The Kier molecular flexibility index (Phi) is 7.74. The summed E-state index contributed by atoms with van der Waals surface area (Å²) in [4.78, 5) is 17.7. The molecule has 170 valence electrons. The van der Waals surface area contributed by atoms with Gasteiger partial charge in [-0.25, -0.2) is 4.39 Å². The summed E-state index contributed by atoms with van der Waals surface area (Å²) < 4.78 is 18.8. The molecule has 0 unspecified atom stereocenters. The Bertz CT molecular complexity index is 742. The number of ether oxygens (including phenoxy) is 1. The van der Waals surface area contributed by atoms with Crippen LogP contribution in [0.2, 0.25) is 0 Å². The second-order valence-corrected chi connectivity index (χ2v) is 9.22. The number of halogens is 1. The van der Waals surface area contributed by atoms with E-state index in [1.165, 1.54) is 25.0 Å². The van der Waals surface area contributed by atoms with E-state index in [-0.39, 0.29) is 23.9 Å². The molecule has 0 spiro atoms. The maximum atomic E-state index is 13.2. The molecule has 1 aromatic rings. The normalized spacial score (nSPS) is 23.6. The first-order valence-electron chi connectivity index (χ1n) is 11.5. The zero-order chi connectivity index (χ0) is 21.6. The van der Waals surface area contributed by atoms with Crippen LogP contribution in [0.15, 0.2) is 24.3 Å². The highest BCUT2D eigenvalue weighted by molar-refractivity contribution is 7.80. The highest BCUT2D eigenvalue weighted by Gasteiger charge is 2.37. The van der Waals surface area contributed by atoms with Gasteiger partial charge in [0, 0.05) is 45.0 Å². The quantitative estimate of drug-likeness (QED) is 0.653. The number of piperazine rings is 1. The fraction of sp³-hybridized carbons (Fsp3) is 0.652. The minimum Gasteiger partial charge on any atom is -0.376 e. The highest BCUT2D eigenvalue weighted by atomic mass is 32.1. The van der Waals surface area contributed by atoms with Crippen molar-refractivity contribution in [2.45, 2.75) is 50.7 Å². The molecule has 0 bridgehead atoms. The van der Waals surface area contributed by atoms with Crippen LogP contribution in [0.1, 0.15) is 38.5 Å². The second-order valence-electron chi connectivity index (χ2n) is 8.83. The molecule has 2 heterocycles. The predicted octanol–water partition coefficient (Wildman–Crippen LogP) is 2.99. The van der Waals surface area contributed by atoms with Gasteiger partial charge in [0.15, 0.2) is 5.11 Å². The van der Waals surface area contributed by atoms with Gasteiger partial charge in [-0.2, -0.15) is 0 Å². The molecule has 3 aliphatic rings. The molecule has 8 heteroatoms. The molecule has 2 saturated heterocycles. The number of nitrogens with one attached hydrogen (secondary N) is 2. The van der Waals surface area contributed by atoms with Gasteiger partial charge in [-0.05, 0) is 68.1 Å². The predicted molar refractivity (Wildman–Crippen MR) is 123 cm³/mol. The average molecular weight is 449 g/mol. The highest BCUT2D eigenvalue weighted by Crippen LogP contribution is 2.31. The smallest absolute Gasteiger partial charge is 0.237 e. The number of nitrogens with zero attached hydrogens (tertiary/aromatic N) is 2. The summed E-state index contributed by atoms with van der Waals surface area (Å²) in [5.74, 6) is 0.323. The summed E-state index contributed by atoms with van der Waals surface area (Å²) in [6.07, 6.45) is 6.97. The van der Waals surface area contributed by atoms with Crippen LogP contribution in [0.5, 0.6) is 0 Å². The summed E-state index contributed by atoms with van der Waals surface area (Å²) in [6, 6.07) is 6.15. The molecule has 6 nitrogen and oxygen atoms in total. The van der Waals surface area contributed by atoms with Crippen molar-refractivity contribution in [1.82, 2.24) is 15.1 Å². The maximum absolute atomic E-state index is 13.2. The van der Waals surface area contributed by atoms with E-state index >= 15 is 0 Å². The molecular weight excluding hydrogens is 415 g/mol. The van der Waals surface area contributed by atoms with Crippen LogP contribution in [-0.4, -0.2) is 72.3 Å². The lowest BCUT2D eigenvalue weighted by Crippen LogP contribution is -2.58. The topological polar surface area (TPSA) is 56.8 Å². The maximum Gasteiger partial charge on any atom is 0.237 e. The summed E-state index contributed by atoms with van der Waals surface area (Å²) in [5.41, 5.74) is 0.783. The third-order valence-corrected chi connectivity index (χ3v) is 7.09. The SMILES string of the molecule is O=C(NC[C@H]1CCCO1)[C@@H](C1CCCC1)N1CCN(C(=S)Nc2ccc(F)cc2)CC1. The van der Waals surface area contributed by atoms with E-state index in [9.17, 15) is 9.18 Å². The summed E-state index contributed by atoms with van der Waals surface area (Å²) in [6.45, 7) is 4.58. The van der Waals surface area contributed by atoms with Crippen molar-refractivity contribution < 1.29 is 13.9 Å². The van der Waals surface area contributed by atoms with Gasteiger partial charge < -0.3 is 20.3 Å². The number of rotatable bonds is 6. The number of thiocarbonyl (C=S) groups is 1. The molecule has 0 radical (unpaired) electrons. The number of amides is 1. The summed E-state index contributed by atoms with van der Waals surface area (Å²) in [7, 11) is 0. The molecule has 1 amide bonds. The standard InChI is InChI=1S/C23H33FN4O2S/c24-18-7-9-19(10-8-18)26-23(31)28-13-11-27(12-14-28)21(17-4-1-2-5-17)22(29)25-16-20-6-3-15-30-20/h7-10,17,20-21H,1-6,11-16H2,(H,25,29)(H,26,31)/t20-,21-/m1/s1. The molecule has 2 atom stereocenters. The van der Waals surface area contributed by atoms with Gasteiger partial charge in [0.2, 0.25) is 5.91 Å². The Morgan fingerprint density at radius 2 is 1.81 bits per heavy atom. The van der Waals surface area contributed by atoms with Crippen LogP contribution in [0.4, 0.5) is 10.1 Å². The molecule has 4 rings (SSSR count). The van der Waals surface area contributed by atoms with E-state index in [4.69, 9.17) is 17.0 Å². The Labute approximate surface area is 189 Å². The number of hydrogen-bond acceptors (Lipinski definition) is 4. The first kappa shape index (κ1) is 22.4. The van der Waals surface area contributed by atoms with Gasteiger partial charge in [0.25, 0.3) is 0 Å². The minimum atomic E-state index is -0.263. The lowest BCUT2D eigenvalue weighted by atomic mass is 9.95. The first-order valence-corrected chi connectivity index (χ1v) is 12.0.